The van der Waals surface area contributed by atoms with Crippen LogP contribution in [-0.2, 0) is 4.74 Å². The Morgan fingerprint density at radius 1 is 1.14 bits per heavy atom. The Balaban J connectivity index is 1.42. The lowest BCUT2D eigenvalue weighted by atomic mass is 10.0. The zero-order chi connectivity index (χ0) is 20.2. The third-order valence-electron chi connectivity index (χ3n) is 5.72. The van der Waals surface area contributed by atoms with Crippen molar-refractivity contribution < 1.29 is 9.13 Å². The highest BCUT2D eigenvalue weighted by molar-refractivity contribution is 5.59. The predicted molar refractivity (Wildman–Crippen MR) is 110 cm³/mol. The van der Waals surface area contributed by atoms with Crippen LogP contribution >= 0.6 is 0 Å². The smallest absolute Gasteiger partial charge is 0.227 e. The van der Waals surface area contributed by atoms with E-state index in [0.717, 1.165) is 56.5 Å². The number of halogens is 1. The molecule has 0 bridgehead atoms. The van der Waals surface area contributed by atoms with E-state index < -0.39 is 0 Å². The van der Waals surface area contributed by atoms with E-state index in [1.807, 2.05) is 12.3 Å². The van der Waals surface area contributed by atoms with Crippen molar-refractivity contribution in [1.82, 2.24) is 9.97 Å². The summed E-state index contributed by atoms with van der Waals surface area (Å²) in [5, 5.41) is 9.32. The zero-order valence-corrected chi connectivity index (χ0v) is 16.6. The highest BCUT2D eigenvalue weighted by Crippen LogP contribution is 2.27. The summed E-state index contributed by atoms with van der Waals surface area (Å²) in [4.78, 5) is 15.7. The highest BCUT2D eigenvalue weighted by atomic mass is 19.1. The summed E-state index contributed by atoms with van der Waals surface area (Å²) in [5.74, 6) is 1.29. The largest absolute Gasteiger partial charge is 0.378 e. The summed E-state index contributed by atoms with van der Waals surface area (Å²) in [7, 11) is 2.07. The molecule has 3 heterocycles. The molecule has 0 unspecified atom stereocenters. The second-order valence-electron chi connectivity index (χ2n) is 7.42. The predicted octanol–water partition coefficient (Wildman–Crippen LogP) is 2.43. The number of anilines is 3. The van der Waals surface area contributed by atoms with Gasteiger partial charge in [0, 0.05) is 45.5 Å². The van der Waals surface area contributed by atoms with Crippen LogP contribution in [0.2, 0.25) is 0 Å². The number of rotatable bonds is 4. The number of hydrogen-bond acceptors (Lipinski definition) is 7. The van der Waals surface area contributed by atoms with E-state index in [9.17, 15) is 9.65 Å². The van der Waals surface area contributed by atoms with E-state index in [1.54, 1.807) is 6.07 Å². The van der Waals surface area contributed by atoms with Crippen molar-refractivity contribution in [2.75, 3.05) is 61.1 Å². The van der Waals surface area contributed by atoms with Crippen LogP contribution in [0.25, 0.3) is 0 Å². The van der Waals surface area contributed by atoms with Gasteiger partial charge in [-0.05, 0) is 37.1 Å². The summed E-state index contributed by atoms with van der Waals surface area (Å²) < 4.78 is 18.8. The molecule has 1 aromatic heterocycles. The second-order valence-corrected chi connectivity index (χ2v) is 7.42. The summed E-state index contributed by atoms with van der Waals surface area (Å²) in [6.45, 7) is 4.66. The van der Waals surface area contributed by atoms with Gasteiger partial charge in [0.25, 0.3) is 0 Å². The molecule has 2 fully saturated rings. The van der Waals surface area contributed by atoms with Gasteiger partial charge < -0.3 is 19.4 Å². The van der Waals surface area contributed by atoms with E-state index in [1.165, 1.54) is 12.1 Å². The van der Waals surface area contributed by atoms with Crippen molar-refractivity contribution in [2.24, 2.45) is 0 Å². The molecule has 29 heavy (non-hydrogen) atoms. The Labute approximate surface area is 170 Å². The van der Waals surface area contributed by atoms with Gasteiger partial charge in [-0.3, -0.25) is 0 Å². The van der Waals surface area contributed by atoms with Crippen molar-refractivity contribution in [3.05, 3.63) is 41.8 Å². The standard InChI is InChI=1S/C21H25FN6O/c1-26(20-4-7-24-21(25-20)28-10-12-29-13-11-28)18-5-8-27(9-6-18)19-3-2-17(22)14-16(19)15-23/h2-4,7,14,18H,5-6,8-13H2,1H3. The van der Waals surface area contributed by atoms with Crippen LogP contribution in [0.3, 0.4) is 0 Å². The normalized spacial score (nSPS) is 17.8. The van der Waals surface area contributed by atoms with E-state index >= 15 is 0 Å². The Kier molecular flexibility index (Phi) is 5.76. The van der Waals surface area contributed by atoms with Gasteiger partial charge in [0.1, 0.15) is 17.7 Å². The molecule has 0 spiro atoms. The maximum absolute atomic E-state index is 13.4. The molecule has 0 amide bonds. The molecule has 2 aromatic rings. The first kappa shape index (κ1) is 19.4. The minimum Gasteiger partial charge on any atom is -0.378 e. The van der Waals surface area contributed by atoms with Gasteiger partial charge in [-0.15, -0.1) is 0 Å². The zero-order valence-electron chi connectivity index (χ0n) is 16.6. The highest BCUT2D eigenvalue weighted by Gasteiger charge is 2.25. The topological polar surface area (TPSA) is 68.5 Å². The van der Waals surface area contributed by atoms with E-state index in [0.29, 0.717) is 24.8 Å². The Morgan fingerprint density at radius 3 is 2.62 bits per heavy atom. The van der Waals surface area contributed by atoms with E-state index in [-0.39, 0.29) is 5.82 Å². The molecule has 152 valence electrons. The van der Waals surface area contributed by atoms with Crippen molar-refractivity contribution >= 4 is 17.5 Å². The molecule has 4 rings (SSSR count). The van der Waals surface area contributed by atoms with Crippen LogP contribution in [0.15, 0.2) is 30.5 Å². The first-order valence-corrected chi connectivity index (χ1v) is 9.99. The molecule has 0 radical (unpaired) electrons. The third-order valence-corrected chi connectivity index (χ3v) is 5.72. The fourth-order valence-electron chi connectivity index (χ4n) is 4.01. The molecule has 7 nitrogen and oxygen atoms in total. The van der Waals surface area contributed by atoms with Crippen molar-refractivity contribution in [3.63, 3.8) is 0 Å². The minimum atomic E-state index is -0.375. The number of morpholine rings is 1. The van der Waals surface area contributed by atoms with Gasteiger partial charge in [0.2, 0.25) is 5.95 Å². The Bertz CT molecular complexity index is 887. The van der Waals surface area contributed by atoms with Crippen molar-refractivity contribution in [3.8, 4) is 6.07 Å². The molecule has 1 aromatic carbocycles. The fraction of sp³-hybridized carbons (Fsp3) is 0.476. The molecule has 0 saturated carbocycles. The second kappa shape index (κ2) is 8.62. The monoisotopic (exact) mass is 396 g/mol. The van der Waals surface area contributed by atoms with Crippen molar-refractivity contribution in [2.45, 2.75) is 18.9 Å². The minimum absolute atomic E-state index is 0.352. The summed E-state index contributed by atoms with van der Waals surface area (Å²) >= 11 is 0. The number of benzene rings is 1. The van der Waals surface area contributed by atoms with Crippen LogP contribution < -0.4 is 14.7 Å². The van der Waals surface area contributed by atoms with Crippen LogP contribution in [0, 0.1) is 17.1 Å². The molecular weight excluding hydrogens is 371 g/mol. The van der Waals surface area contributed by atoms with Gasteiger partial charge in [-0.1, -0.05) is 0 Å². The number of aromatic nitrogens is 2. The molecule has 2 aliphatic heterocycles. The number of nitrogens with zero attached hydrogens (tertiary/aromatic N) is 6. The van der Waals surface area contributed by atoms with Crippen LogP contribution in [0.1, 0.15) is 18.4 Å². The molecular formula is C21H25FN6O. The molecule has 0 atom stereocenters. The lowest BCUT2D eigenvalue weighted by Crippen LogP contribution is -2.44. The third kappa shape index (κ3) is 4.25. The SMILES string of the molecule is CN(c1ccnc(N2CCOCC2)n1)C1CCN(c2ccc(F)cc2C#N)CC1. The van der Waals surface area contributed by atoms with Crippen LogP contribution in [0.4, 0.5) is 21.8 Å². The Morgan fingerprint density at radius 2 is 1.90 bits per heavy atom. The summed E-state index contributed by atoms with van der Waals surface area (Å²) in [5.41, 5.74) is 1.20. The van der Waals surface area contributed by atoms with Gasteiger partial charge >= 0.3 is 0 Å². The molecule has 0 aliphatic carbocycles. The van der Waals surface area contributed by atoms with Gasteiger partial charge in [-0.2, -0.15) is 10.2 Å². The number of ether oxygens (including phenoxy) is 1. The van der Waals surface area contributed by atoms with Gasteiger partial charge in [-0.25, -0.2) is 9.37 Å². The molecule has 0 N–H and O–H groups in total. The molecule has 2 saturated heterocycles. The van der Waals surface area contributed by atoms with Gasteiger partial charge in [0.15, 0.2) is 0 Å². The van der Waals surface area contributed by atoms with Crippen molar-refractivity contribution in [1.29, 1.82) is 5.26 Å². The summed E-state index contributed by atoms with van der Waals surface area (Å²) in [6.07, 6.45) is 3.70. The number of nitriles is 1. The first-order valence-electron chi connectivity index (χ1n) is 9.99. The van der Waals surface area contributed by atoms with Gasteiger partial charge in [0.05, 0.1) is 24.5 Å². The number of piperidine rings is 1. The van der Waals surface area contributed by atoms with Crippen LogP contribution in [-0.4, -0.2) is 62.5 Å². The fourth-order valence-corrected chi connectivity index (χ4v) is 4.01. The van der Waals surface area contributed by atoms with E-state index in [2.05, 4.69) is 32.8 Å². The quantitative estimate of drug-likeness (QED) is 0.786. The van der Waals surface area contributed by atoms with Crippen LogP contribution in [0.5, 0.6) is 0 Å². The maximum atomic E-state index is 13.4. The van der Waals surface area contributed by atoms with E-state index in [4.69, 9.17) is 9.72 Å². The lowest BCUT2D eigenvalue weighted by molar-refractivity contribution is 0.122. The average Bonchev–Trinajstić information content (AvgIpc) is 2.79. The molecule has 2 aliphatic rings. The number of hydrogen-bond donors (Lipinski definition) is 0. The first-order chi connectivity index (χ1) is 14.2. The maximum Gasteiger partial charge on any atom is 0.227 e. The lowest BCUT2D eigenvalue weighted by Gasteiger charge is -2.38. The average molecular weight is 396 g/mol. The summed E-state index contributed by atoms with van der Waals surface area (Å²) in [6, 6.07) is 8.84. The molecule has 8 heteroatoms. The Hall–Kier alpha value is -2.92.